The second kappa shape index (κ2) is 5.56. The predicted molar refractivity (Wildman–Crippen MR) is 72.1 cm³/mol. The molecule has 0 amide bonds. The van der Waals surface area contributed by atoms with Gasteiger partial charge in [-0.15, -0.1) is 12.3 Å². The summed E-state index contributed by atoms with van der Waals surface area (Å²) in [6.07, 6.45) is 10.3. The smallest absolute Gasteiger partial charge is 0.144 e. The highest BCUT2D eigenvalue weighted by atomic mass is 15.0. The van der Waals surface area contributed by atoms with Crippen LogP contribution in [0.15, 0.2) is 6.07 Å². The summed E-state index contributed by atoms with van der Waals surface area (Å²) in [5.74, 6) is 3.30. The van der Waals surface area contributed by atoms with Crippen LogP contribution in [0, 0.1) is 23.7 Å². The fourth-order valence-electron chi connectivity index (χ4n) is 2.29. The number of fused-ring (bicyclic) bond motifs is 1. The van der Waals surface area contributed by atoms with Crippen molar-refractivity contribution in [2.24, 2.45) is 0 Å². The first kappa shape index (κ1) is 12.5. The average molecular weight is 239 g/mol. The highest BCUT2D eigenvalue weighted by molar-refractivity contribution is 5.55. The van der Waals surface area contributed by atoms with Crippen LogP contribution >= 0.6 is 0 Å². The van der Waals surface area contributed by atoms with Crippen molar-refractivity contribution in [2.75, 3.05) is 5.32 Å². The number of nitrogens with zero attached hydrogens (tertiary/aromatic N) is 2. The molecule has 0 saturated heterocycles. The number of hydrogen-bond acceptors (Lipinski definition) is 3. The van der Waals surface area contributed by atoms with Crippen LogP contribution in [0.25, 0.3) is 0 Å². The molecule has 0 radical (unpaired) electrons. The molecule has 1 heterocycles. The van der Waals surface area contributed by atoms with E-state index in [2.05, 4.69) is 22.3 Å². The first-order valence-corrected chi connectivity index (χ1v) is 6.37. The summed E-state index contributed by atoms with van der Waals surface area (Å²) in [6, 6.07) is 4.33. The summed E-state index contributed by atoms with van der Waals surface area (Å²) < 4.78 is 0. The van der Waals surface area contributed by atoms with E-state index in [1.165, 1.54) is 18.4 Å². The number of aryl methyl sites for hydroxylation is 2. The molecular formula is C15H17N3. The molecule has 2 rings (SSSR count). The Hall–Kier alpha value is -2.00. The number of anilines is 1. The summed E-state index contributed by atoms with van der Waals surface area (Å²) in [4.78, 5) is 4.60. The summed E-state index contributed by atoms with van der Waals surface area (Å²) in [5.41, 5.74) is 2.99. The van der Waals surface area contributed by atoms with E-state index in [0.717, 1.165) is 18.5 Å². The minimum Gasteiger partial charge on any atom is -0.366 e. The van der Waals surface area contributed by atoms with Gasteiger partial charge in [0.15, 0.2) is 0 Å². The number of nitriles is 1. The molecule has 1 N–H and O–H groups in total. The van der Waals surface area contributed by atoms with Gasteiger partial charge in [-0.05, 0) is 44.2 Å². The molecule has 0 saturated carbocycles. The zero-order valence-corrected chi connectivity index (χ0v) is 10.7. The number of pyridine rings is 1. The van der Waals surface area contributed by atoms with Crippen molar-refractivity contribution < 1.29 is 0 Å². The Morgan fingerprint density at radius 1 is 1.50 bits per heavy atom. The Balaban J connectivity index is 2.29. The molecule has 0 aromatic carbocycles. The Kier molecular flexibility index (Phi) is 3.85. The molecule has 3 heteroatoms. The van der Waals surface area contributed by atoms with Crippen LogP contribution in [0.1, 0.15) is 43.0 Å². The summed E-state index contributed by atoms with van der Waals surface area (Å²) >= 11 is 0. The van der Waals surface area contributed by atoms with Gasteiger partial charge in [0.25, 0.3) is 0 Å². The van der Waals surface area contributed by atoms with Crippen LogP contribution in [0.2, 0.25) is 0 Å². The van der Waals surface area contributed by atoms with Crippen LogP contribution in [0.5, 0.6) is 0 Å². The van der Waals surface area contributed by atoms with Gasteiger partial charge in [-0.1, -0.05) is 0 Å². The van der Waals surface area contributed by atoms with Gasteiger partial charge in [0, 0.05) is 18.2 Å². The lowest BCUT2D eigenvalue weighted by atomic mass is 9.95. The molecule has 0 bridgehead atoms. The number of aromatic nitrogens is 1. The molecule has 0 spiro atoms. The number of rotatable bonds is 3. The molecule has 0 fully saturated rings. The monoisotopic (exact) mass is 239 g/mol. The van der Waals surface area contributed by atoms with E-state index in [0.29, 0.717) is 17.8 Å². The van der Waals surface area contributed by atoms with Gasteiger partial charge in [0.2, 0.25) is 0 Å². The van der Waals surface area contributed by atoms with E-state index in [1.54, 1.807) is 0 Å². The zero-order valence-electron chi connectivity index (χ0n) is 10.7. The van der Waals surface area contributed by atoms with E-state index in [9.17, 15) is 5.26 Å². The molecular weight excluding hydrogens is 222 g/mol. The van der Waals surface area contributed by atoms with Gasteiger partial charge in [-0.25, -0.2) is 4.98 Å². The molecule has 1 atom stereocenters. The molecule has 92 valence electrons. The van der Waals surface area contributed by atoms with Gasteiger partial charge in [0.05, 0.1) is 5.56 Å². The number of nitrogens with one attached hydrogen (secondary N) is 1. The molecule has 1 aromatic rings. The minimum atomic E-state index is 0.135. The van der Waals surface area contributed by atoms with E-state index in [1.807, 2.05) is 13.0 Å². The molecule has 1 aliphatic rings. The maximum absolute atomic E-state index is 9.19. The fourth-order valence-corrected chi connectivity index (χ4v) is 2.29. The maximum atomic E-state index is 9.19. The van der Waals surface area contributed by atoms with Crippen LogP contribution in [-0.2, 0) is 12.8 Å². The topological polar surface area (TPSA) is 48.7 Å². The third kappa shape index (κ3) is 2.63. The van der Waals surface area contributed by atoms with Gasteiger partial charge < -0.3 is 5.32 Å². The highest BCUT2D eigenvalue weighted by Gasteiger charge is 2.15. The molecule has 1 aromatic heterocycles. The minimum absolute atomic E-state index is 0.135. The van der Waals surface area contributed by atoms with Crippen molar-refractivity contribution in [2.45, 2.75) is 45.1 Å². The molecule has 3 nitrogen and oxygen atoms in total. The Morgan fingerprint density at radius 2 is 2.28 bits per heavy atom. The van der Waals surface area contributed by atoms with E-state index in [4.69, 9.17) is 6.42 Å². The van der Waals surface area contributed by atoms with Crippen molar-refractivity contribution in [3.05, 3.63) is 22.9 Å². The van der Waals surface area contributed by atoms with Crippen molar-refractivity contribution in [3.8, 4) is 18.4 Å². The summed E-state index contributed by atoms with van der Waals surface area (Å²) in [6.45, 7) is 2.00. The van der Waals surface area contributed by atoms with Gasteiger partial charge in [0.1, 0.15) is 11.9 Å². The Bertz CT molecular complexity index is 520. The number of terminal acetylenes is 1. The van der Waals surface area contributed by atoms with Gasteiger partial charge in [-0.3, -0.25) is 0 Å². The SMILES string of the molecule is C#CCC(C)Nc1nc2c(cc1C#N)CCCC2. The van der Waals surface area contributed by atoms with Crippen LogP contribution in [0.3, 0.4) is 0 Å². The van der Waals surface area contributed by atoms with Crippen molar-refractivity contribution in [1.29, 1.82) is 5.26 Å². The summed E-state index contributed by atoms with van der Waals surface area (Å²) in [5, 5.41) is 12.4. The van der Waals surface area contributed by atoms with Crippen LogP contribution < -0.4 is 5.32 Å². The van der Waals surface area contributed by atoms with Crippen LogP contribution in [-0.4, -0.2) is 11.0 Å². The first-order chi connectivity index (χ1) is 8.74. The third-order valence-corrected chi connectivity index (χ3v) is 3.23. The molecule has 0 aliphatic heterocycles. The van der Waals surface area contributed by atoms with Crippen molar-refractivity contribution in [3.63, 3.8) is 0 Å². The lowest BCUT2D eigenvalue weighted by Gasteiger charge is -2.19. The zero-order chi connectivity index (χ0) is 13.0. The lowest BCUT2D eigenvalue weighted by Crippen LogP contribution is -2.18. The second-order valence-corrected chi connectivity index (χ2v) is 4.76. The normalized spacial score (nSPS) is 15.1. The molecule has 18 heavy (non-hydrogen) atoms. The Morgan fingerprint density at radius 3 is 3.00 bits per heavy atom. The standard InChI is InChI=1S/C15H17N3/c1-3-6-11(2)17-15-13(10-16)9-12-7-4-5-8-14(12)18-15/h1,9,11H,4-8H2,2H3,(H,17,18). The van der Waals surface area contributed by atoms with Gasteiger partial charge >= 0.3 is 0 Å². The van der Waals surface area contributed by atoms with Gasteiger partial charge in [-0.2, -0.15) is 5.26 Å². The quantitative estimate of drug-likeness (QED) is 0.825. The fraction of sp³-hybridized carbons (Fsp3) is 0.467. The molecule has 1 unspecified atom stereocenters. The maximum Gasteiger partial charge on any atom is 0.144 e. The van der Waals surface area contributed by atoms with E-state index >= 15 is 0 Å². The largest absolute Gasteiger partial charge is 0.366 e. The highest BCUT2D eigenvalue weighted by Crippen LogP contribution is 2.24. The third-order valence-electron chi connectivity index (χ3n) is 3.23. The number of hydrogen-bond donors (Lipinski definition) is 1. The van der Waals surface area contributed by atoms with E-state index in [-0.39, 0.29) is 6.04 Å². The first-order valence-electron chi connectivity index (χ1n) is 6.37. The van der Waals surface area contributed by atoms with E-state index < -0.39 is 0 Å². The Labute approximate surface area is 108 Å². The second-order valence-electron chi connectivity index (χ2n) is 4.76. The summed E-state index contributed by atoms with van der Waals surface area (Å²) in [7, 11) is 0. The van der Waals surface area contributed by atoms with Crippen LogP contribution in [0.4, 0.5) is 5.82 Å². The van der Waals surface area contributed by atoms with Crippen molar-refractivity contribution in [1.82, 2.24) is 4.98 Å². The van der Waals surface area contributed by atoms with Crippen molar-refractivity contribution >= 4 is 5.82 Å². The molecule has 1 aliphatic carbocycles. The predicted octanol–water partition coefficient (Wildman–Crippen LogP) is 2.66. The average Bonchev–Trinajstić information content (AvgIpc) is 2.38. The lowest BCUT2D eigenvalue weighted by molar-refractivity contribution is 0.666.